The molecule has 0 heterocycles. The van der Waals surface area contributed by atoms with Crippen LogP contribution in [-0.4, -0.2) is 19.2 Å². The molecule has 0 radical (unpaired) electrons. The van der Waals surface area contributed by atoms with Crippen molar-refractivity contribution in [2.75, 3.05) is 13.2 Å². The zero-order valence-corrected chi connectivity index (χ0v) is 15.3. The molecule has 0 aromatic heterocycles. The van der Waals surface area contributed by atoms with Crippen LogP contribution in [0, 0.1) is 0 Å². The maximum absolute atomic E-state index is 11.9. The second-order valence-corrected chi connectivity index (χ2v) is 5.83. The van der Waals surface area contributed by atoms with Gasteiger partial charge in [-0.3, -0.25) is 0 Å². The van der Waals surface area contributed by atoms with E-state index in [0.29, 0.717) is 33.7 Å². The largest absolute Gasteiger partial charge is 0.490 e. The Bertz CT molecular complexity index is 759. The van der Waals surface area contributed by atoms with E-state index >= 15 is 0 Å². The van der Waals surface area contributed by atoms with Gasteiger partial charge in [-0.2, -0.15) is 0 Å². The minimum Gasteiger partial charge on any atom is -0.490 e. The second-order valence-electron chi connectivity index (χ2n) is 5.02. The maximum Gasteiger partial charge on any atom is 0.338 e. The van der Waals surface area contributed by atoms with Crippen LogP contribution >= 0.6 is 23.2 Å². The van der Waals surface area contributed by atoms with E-state index in [0.717, 1.165) is 5.56 Å². The summed E-state index contributed by atoms with van der Waals surface area (Å²) in [6.45, 7) is 6.24. The van der Waals surface area contributed by atoms with Crippen molar-refractivity contribution in [1.29, 1.82) is 0 Å². The van der Waals surface area contributed by atoms with Crippen LogP contribution < -0.4 is 9.47 Å². The third-order valence-corrected chi connectivity index (χ3v) is 3.93. The lowest BCUT2D eigenvalue weighted by Crippen LogP contribution is -2.06. The maximum atomic E-state index is 11.9. The highest BCUT2D eigenvalue weighted by atomic mass is 35.5. The number of halogens is 2. The summed E-state index contributed by atoms with van der Waals surface area (Å²) in [4.78, 5) is 11.9. The monoisotopic (exact) mass is 380 g/mol. The fourth-order valence-electron chi connectivity index (χ4n) is 2.03. The first kappa shape index (κ1) is 19.2. The average Bonchev–Trinajstić information content (AvgIpc) is 2.61. The average molecular weight is 381 g/mol. The summed E-state index contributed by atoms with van der Waals surface area (Å²) in [5, 5.41) is 0.955. The minimum atomic E-state index is -0.447. The highest BCUT2D eigenvalue weighted by Crippen LogP contribution is 2.30. The molecule has 4 nitrogen and oxygen atoms in total. The Kier molecular flexibility index (Phi) is 7.16. The van der Waals surface area contributed by atoms with Gasteiger partial charge in [-0.05, 0) is 42.8 Å². The Balaban J connectivity index is 2.14. The number of benzene rings is 2. The summed E-state index contributed by atoms with van der Waals surface area (Å²) >= 11 is 11.9. The summed E-state index contributed by atoms with van der Waals surface area (Å²) < 4.78 is 16.4. The van der Waals surface area contributed by atoms with Crippen molar-refractivity contribution in [3.63, 3.8) is 0 Å². The highest BCUT2D eigenvalue weighted by Gasteiger charge is 2.13. The minimum absolute atomic E-state index is 0.151. The number of hydrogen-bond acceptors (Lipinski definition) is 4. The number of ether oxygens (including phenoxy) is 3. The third-order valence-electron chi connectivity index (χ3n) is 3.19. The third kappa shape index (κ3) is 5.41. The first-order valence-electron chi connectivity index (χ1n) is 7.66. The molecule has 0 atom stereocenters. The van der Waals surface area contributed by atoms with Crippen molar-refractivity contribution >= 4 is 29.2 Å². The molecule has 0 aliphatic heterocycles. The summed E-state index contributed by atoms with van der Waals surface area (Å²) in [5.74, 6) is 0.542. The molecule has 0 saturated carbocycles. The molecule has 132 valence electrons. The summed E-state index contributed by atoms with van der Waals surface area (Å²) in [6, 6.07) is 10.2. The van der Waals surface area contributed by atoms with Crippen LogP contribution in [0.3, 0.4) is 0 Å². The lowest BCUT2D eigenvalue weighted by atomic mass is 10.2. The molecule has 0 spiro atoms. The Hall–Kier alpha value is -2.17. The topological polar surface area (TPSA) is 44.8 Å². The standard InChI is InChI=1S/C19H18Cl2O4/c1-3-9-24-19(22)14-6-8-17(18(11-14)23-4-2)25-12-13-5-7-15(20)16(21)10-13/h3,5-8,10-11H,1,4,9,12H2,2H3. The Morgan fingerprint density at radius 3 is 2.56 bits per heavy atom. The van der Waals surface area contributed by atoms with E-state index in [4.69, 9.17) is 37.4 Å². The van der Waals surface area contributed by atoms with Gasteiger partial charge in [0.25, 0.3) is 0 Å². The van der Waals surface area contributed by atoms with Crippen molar-refractivity contribution < 1.29 is 19.0 Å². The van der Waals surface area contributed by atoms with E-state index in [2.05, 4.69) is 6.58 Å². The molecule has 0 fully saturated rings. The predicted octanol–water partition coefficient (Wildman–Crippen LogP) is 5.31. The Labute approximate surface area is 156 Å². The van der Waals surface area contributed by atoms with Crippen molar-refractivity contribution in [2.45, 2.75) is 13.5 Å². The lowest BCUT2D eigenvalue weighted by molar-refractivity contribution is 0.0549. The fourth-order valence-corrected chi connectivity index (χ4v) is 2.35. The molecule has 0 aliphatic carbocycles. The number of hydrogen-bond donors (Lipinski definition) is 0. The van der Waals surface area contributed by atoms with Crippen molar-refractivity contribution in [1.82, 2.24) is 0 Å². The summed E-state index contributed by atoms with van der Waals surface area (Å²) in [6.07, 6.45) is 1.51. The molecule has 2 aromatic carbocycles. The zero-order chi connectivity index (χ0) is 18.2. The van der Waals surface area contributed by atoms with Crippen LogP contribution in [0.5, 0.6) is 11.5 Å². The Morgan fingerprint density at radius 2 is 1.88 bits per heavy atom. The van der Waals surface area contributed by atoms with Gasteiger partial charge in [0.1, 0.15) is 13.2 Å². The van der Waals surface area contributed by atoms with E-state index in [1.807, 2.05) is 13.0 Å². The van der Waals surface area contributed by atoms with Gasteiger partial charge < -0.3 is 14.2 Å². The molecule has 2 rings (SSSR count). The van der Waals surface area contributed by atoms with Crippen LogP contribution in [0.4, 0.5) is 0 Å². The molecule has 2 aromatic rings. The molecule has 0 unspecified atom stereocenters. The Morgan fingerprint density at radius 1 is 1.08 bits per heavy atom. The molecule has 6 heteroatoms. The highest BCUT2D eigenvalue weighted by molar-refractivity contribution is 6.42. The van der Waals surface area contributed by atoms with Crippen molar-refractivity contribution in [2.24, 2.45) is 0 Å². The first-order valence-corrected chi connectivity index (χ1v) is 8.42. The van der Waals surface area contributed by atoms with Crippen LogP contribution in [0.15, 0.2) is 49.1 Å². The van der Waals surface area contributed by atoms with Gasteiger partial charge in [-0.1, -0.05) is 41.9 Å². The number of esters is 1. The van der Waals surface area contributed by atoms with E-state index < -0.39 is 5.97 Å². The molecule has 0 bridgehead atoms. The molecular weight excluding hydrogens is 363 g/mol. The van der Waals surface area contributed by atoms with Crippen molar-refractivity contribution in [3.8, 4) is 11.5 Å². The van der Waals surface area contributed by atoms with E-state index in [-0.39, 0.29) is 13.2 Å². The van der Waals surface area contributed by atoms with Gasteiger partial charge in [0.05, 0.1) is 22.2 Å². The van der Waals surface area contributed by atoms with Crippen LogP contribution in [-0.2, 0) is 11.3 Å². The second kappa shape index (κ2) is 9.35. The van der Waals surface area contributed by atoms with Crippen LogP contribution in [0.2, 0.25) is 10.0 Å². The van der Waals surface area contributed by atoms with E-state index in [1.54, 1.807) is 30.3 Å². The molecule has 0 aliphatic rings. The zero-order valence-electron chi connectivity index (χ0n) is 13.8. The molecule has 25 heavy (non-hydrogen) atoms. The van der Waals surface area contributed by atoms with Gasteiger partial charge in [0, 0.05) is 0 Å². The van der Waals surface area contributed by atoms with Crippen molar-refractivity contribution in [3.05, 3.63) is 70.2 Å². The number of rotatable bonds is 8. The van der Waals surface area contributed by atoms with E-state index in [1.165, 1.54) is 6.08 Å². The van der Waals surface area contributed by atoms with Crippen LogP contribution in [0.25, 0.3) is 0 Å². The smallest absolute Gasteiger partial charge is 0.338 e. The van der Waals surface area contributed by atoms with Gasteiger partial charge in [-0.25, -0.2) is 4.79 Å². The predicted molar refractivity (Wildman–Crippen MR) is 98.9 cm³/mol. The molecule has 0 N–H and O–H groups in total. The quantitative estimate of drug-likeness (QED) is 0.459. The van der Waals surface area contributed by atoms with Gasteiger partial charge in [0.15, 0.2) is 11.5 Å². The van der Waals surface area contributed by atoms with Gasteiger partial charge >= 0.3 is 5.97 Å². The fraction of sp³-hybridized carbons (Fsp3) is 0.211. The normalized spacial score (nSPS) is 10.2. The molecule has 0 saturated heterocycles. The SMILES string of the molecule is C=CCOC(=O)c1ccc(OCc2ccc(Cl)c(Cl)c2)c(OCC)c1. The first-order chi connectivity index (χ1) is 12.0. The molecule has 0 amide bonds. The number of carbonyl (C=O) groups is 1. The van der Waals surface area contributed by atoms with Gasteiger partial charge in [0.2, 0.25) is 0 Å². The summed E-state index contributed by atoms with van der Waals surface area (Å²) in [7, 11) is 0. The summed E-state index contributed by atoms with van der Waals surface area (Å²) in [5.41, 5.74) is 1.25. The number of carbonyl (C=O) groups excluding carboxylic acids is 1. The van der Waals surface area contributed by atoms with Gasteiger partial charge in [-0.15, -0.1) is 0 Å². The van der Waals surface area contributed by atoms with E-state index in [9.17, 15) is 4.79 Å². The lowest BCUT2D eigenvalue weighted by Gasteiger charge is -2.13. The molecular formula is C19H18Cl2O4. The van der Waals surface area contributed by atoms with Crippen LogP contribution in [0.1, 0.15) is 22.8 Å².